The molecule has 2 saturated carbocycles. The van der Waals surface area contributed by atoms with Gasteiger partial charge in [0.25, 0.3) is 0 Å². The van der Waals surface area contributed by atoms with Crippen LogP contribution in [0.1, 0.15) is 59.3 Å². The molecule has 0 amide bonds. The molecule has 0 aromatic heterocycles. The molecule has 0 radical (unpaired) electrons. The van der Waals surface area contributed by atoms with Gasteiger partial charge in [-0.2, -0.15) is 0 Å². The summed E-state index contributed by atoms with van der Waals surface area (Å²) in [5.74, 6) is -0.845. The summed E-state index contributed by atoms with van der Waals surface area (Å²) in [5.41, 5.74) is -1.19. The van der Waals surface area contributed by atoms with E-state index < -0.39 is 23.1 Å². The largest absolute Gasteiger partial charge is 0.481 e. The molecule has 0 saturated heterocycles. The summed E-state index contributed by atoms with van der Waals surface area (Å²) in [7, 11) is 0. The number of hydrogen-bond donors (Lipinski definition) is 3. The lowest BCUT2D eigenvalue weighted by molar-refractivity contribution is -0.167. The number of carbonyl (C=O) groups is 1. The van der Waals surface area contributed by atoms with Gasteiger partial charge in [0, 0.05) is 0 Å². The topological polar surface area (TPSA) is 77.8 Å². The number of fused-ring (bicyclic) bond motifs is 1. The second-order valence-electron chi connectivity index (χ2n) is 8.61. The Morgan fingerprint density at radius 2 is 2.04 bits per heavy atom. The molecule has 2 rings (SSSR count). The van der Waals surface area contributed by atoms with E-state index in [0.29, 0.717) is 25.7 Å². The van der Waals surface area contributed by atoms with Crippen molar-refractivity contribution in [3.05, 3.63) is 24.8 Å². The summed E-state index contributed by atoms with van der Waals surface area (Å²) >= 11 is 0. The number of carboxylic acids is 1. The Morgan fingerprint density at radius 3 is 2.58 bits per heavy atom. The highest BCUT2D eigenvalue weighted by Gasteiger charge is 2.59. The third-order valence-corrected chi connectivity index (χ3v) is 6.97. The van der Waals surface area contributed by atoms with Gasteiger partial charge < -0.3 is 15.3 Å². The second kappa shape index (κ2) is 6.30. The fourth-order valence-corrected chi connectivity index (χ4v) is 5.20. The standard InChI is InChI=1S/C20H32O4/c1-6-18(3,24)11-8-14-13(2)15(21)12-16-19(14,4)9-7-10-20(16,5)17(22)23/h6,14-16,21,24H,1-2,7-12H2,3-5H3,(H,22,23)/t14?,15-,16?,18-,19-,20+/m1/s1. The van der Waals surface area contributed by atoms with Gasteiger partial charge in [-0.05, 0) is 68.8 Å². The van der Waals surface area contributed by atoms with Crippen LogP contribution in [0, 0.1) is 22.7 Å². The van der Waals surface area contributed by atoms with Crippen LogP contribution in [0.15, 0.2) is 24.8 Å². The fraction of sp³-hybridized carbons (Fsp3) is 0.750. The number of aliphatic carboxylic acids is 1. The summed E-state index contributed by atoms with van der Waals surface area (Å²) in [6.45, 7) is 13.5. The maximum Gasteiger partial charge on any atom is 0.309 e. The van der Waals surface area contributed by atoms with Crippen molar-refractivity contribution >= 4 is 5.97 Å². The SMILES string of the molecule is C=C[C@@](C)(O)CCC1C(=C)[C@H](O)CC2[C@]1(C)CCC[C@]2(C)C(=O)O. The molecule has 4 heteroatoms. The highest BCUT2D eigenvalue weighted by atomic mass is 16.4. The molecule has 0 spiro atoms. The zero-order chi connectivity index (χ0) is 18.3. The van der Waals surface area contributed by atoms with E-state index in [9.17, 15) is 20.1 Å². The number of hydrogen-bond acceptors (Lipinski definition) is 3. The summed E-state index contributed by atoms with van der Waals surface area (Å²) in [6.07, 6.45) is 5.00. The average Bonchev–Trinajstić information content (AvgIpc) is 2.49. The van der Waals surface area contributed by atoms with Gasteiger partial charge in [0.15, 0.2) is 0 Å². The third-order valence-electron chi connectivity index (χ3n) is 6.97. The fourth-order valence-electron chi connectivity index (χ4n) is 5.20. The Bertz CT molecular complexity index is 538. The maximum absolute atomic E-state index is 12.0. The van der Waals surface area contributed by atoms with Crippen molar-refractivity contribution in [1.29, 1.82) is 0 Å². The summed E-state index contributed by atoms with van der Waals surface area (Å²) < 4.78 is 0. The molecule has 0 heterocycles. The first-order valence-electron chi connectivity index (χ1n) is 8.94. The quantitative estimate of drug-likeness (QED) is 0.671. The van der Waals surface area contributed by atoms with Crippen LogP contribution in [-0.4, -0.2) is 33.0 Å². The molecule has 2 fully saturated rings. The van der Waals surface area contributed by atoms with Crippen molar-refractivity contribution in [1.82, 2.24) is 0 Å². The molecule has 2 aliphatic carbocycles. The molecule has 0 bridgehead atoms. The van der Waals surface area contributed by atoms with Crippen LogP contribution in [0.2, 0.25) is 0 Å². The van der Waals surface area contributed by atoms with E-state index in [0.717, 1.165) is 18.4 Å². The molecule has 6 atom stereocenters. The third kappa shape index (κ3) is 3.06. The molecule has 0 aromatic rings. The molecule has 3 N–H and O–H groups in total. The van der Waals surface area contributed by atoms with Crippen LogP contribution < -0.4 is 0 Å². The van der Waals surface area contributed by atoms with Gasteiger partial charge in [-0.3, -0.25) is 4.79 Å². The zero-order valence-electron chi connectivity index (χ0n) is 15.2. The first-order chi connectivity index (χ1) is 11.0. The Labute approximate surface area is 145 Å². The van der Waals surface area contributed by atoms with E-state index in [-0.39, 0.29) is 17.3 Å². The van der Waals surface area contributed by atoms with Crippen LogP contribution >= 0.6 is 0 Å². The molecule has 2 aliphatic rings. The van der Waals surface area contributed by atoms with Crippen LogP contribution in [0.25, 0.3) is 0 Å². The smallest absolute Gasteiger partial charge is 0.309 e. The second-order valence-corrected chi connectivity index (χ2v) is 8.61. The highest BCUT2D eigenvalue weighted by molar-refractivity contribution is 5.75. The Kier molecular flexibility index (Phi) is 5.04. The van der Waals surface area contributed by atoms with Crippen molar-refractivity contribution in [2.45, 2.75) is 71.0 Å². The number of aliphatic hydroxyl groups is 2. The first-order valence-corrected chi connectivity index (χ1v) is 8.94. The molecule has 4 nitrogen and oxygen atoms in total. The van der Waals surface area contributed by atoms with Crippen LogP contribution in [0.3, 0.4) is 0 Å². The Balaban J connectivity index is 2.36. The molecule has 0 aromatic carbocycles. The van der Waals surface area contributed by atoms with Crippen LogP contribution in [-0.2, 0) is 4.79 Å². The van der Waals surface area contributed by atoms with E-state index in [1.54, 1.807) is 6.92 Å². The minimum absolute atomic E-state index is 0.0108. The number of rotatable bonds is 5. The maximum atomic E-state index is 12.0. The van der Waals surface area contributed by atoms with Gasteiger partial charge in [0.2, 0.25) is 0 Å². The van der Waals surface area contributed by atoms with Crippen LogP contribution in [0.4, 0.5) is 0 Å². The van der Waals surface area contributed by atoms with Gasteiger partial charge in [-0.1, -0.05) is 26.0 Å². The van der Waals surface area contributed by atoms with E-state index >= 15 is 0 Å². The van der Waals surface area contributed by atoms with E-state index in [1.165, 1.54) is 6.08 Å². The molecule has 2 unspecified atom stereocenters. The lowest BCUT2D eigenvalue weighted by Gasteiger charge is -2.58. The summed E-state index contributed by atoms with van der Waals surface area (Å²) in [4.78, 5) is 12.0. The van der Waals surface area contributed by atoms with Crippen molar-refractivity contribution in [2.75, 3.05) is 0 Å². The van der Waals surface area contributed by atoms with E-state index in [4.69, 9.17) is 0 Å². The van der Waals surface area contributed by atoms with Crippen molar-refractivity contribution in [3.8, 4) is 0 Å². The zero-order valence-corrected chi connectivity index (χ0v) is 15.2. The van der Waals surface area contributed by atoms with E-state index in [1.807, 2.05) is 6.92 Å². The lowest BCUT2D eigenvalue weighted by Crippen LogP contribution is -2.56. The van der Waals surface area contributed by atoms with Crippen molar-refractivity contribution in [3.63, 3.8) is 0 Å². The minimum atomic E-state index is -0.959. The number of carboxylic acid groups (broad SMARTS) is 1. The molecular weight excluding hydrogens is 304 g/mol. The summed E-state index contributed by atoms with van der Waals surface area (Å²) in [5, 5.41) is 30.6. The molecule has 24 heavy (non-hydrogen) atoms. The van der Waals surface area contributed by atoms with E-state index in [2.05, 4.69) is 20.1 Å². The van der Waals surface area contributed by atoms with Crippen molar-refractivity contribution < 1.29 is 20.1 Å². The predicted octanol–water partition coefficient (Wildman–Crippen LogP) is 3.54. The minimum Gasteiger partial charge on any atom is -0.481 e. The Hall–Kier alpha value is -1.13. The van der Waals surface area contributed by atoms with Gasteiger partial charge in [-0.25, -0.2) is 0 Å². The van der Waals surface area contributed by atoms with Gasteiger partial charge in [-0.15, -0.1) is 6.58 Å². The lowest BCUT2D eigenvalue weighted by atomic mass is 9.46. The molecular formula is C20H32O4. The normalized spacial score (nSPS) is 42.0. The molecule has 0 aliphatic heterocycles. The van der Waals surface area contributed by atoms with Gasteiger partial charge >= 0.3 is 5.97 Å². The van der Waals surface area contributed by atoms with Gasteiger partial charge in [0.05, 0.1) is 17.1 Å². The Morgan fingerprint density at radius 1 is 1.42 bits per heavy atom. The predicted molar refractivity (Wildman–Crippen MR) is 94.5 cm³/mol. The van der Waals surface area contributed by atoms with Crippen LogP contribution in [0.5, 0.6) is 0 Å². The average molecular weight is 336 g/mol. The summed E-state index contributed by atoms with van der Waals surface area (Å²) in [6, 6.07) is 0. The molecule has 136 valence electrons. The monoisotopic (exact) mass is 336 g/mol. The highest BCUT2D eigenvalue weighted by Crippen LogP contribution is 2.62. The van der Waals surface area contributed by atoms with Gasteiger partial charge in [0.1, 0.15) is 0 Å². The van der Waals surface area contributed by atoms with Crippen molar-refractivity contribution in [2.24, 2.45) is 22.7 Å². The number of aliphatic hydroxyl groups excluding tert-OH is 1. The first kappa shape index (κ1) is 19.2.